The quantitative estimate of drug-likeness (QED) is 0.887. The molecule has 0 aliphatic carbocycles. The molecule has 16 heavy (non-hydrogen) atoms. The second-order valence-electron chi connectivity index (χ2n) is 3.59. The predicted octanol–water partition coefficient (Wildman–Crippen LogP) is 4.04. The predicted molar refractivity (Wildman–Crippen MR) is 67.2 cm³/mol. The number of aliphatic hydroxyl groups is 1. The summed E-state index contributed by atoms with van der Waals surface area (Å²) in [5, 5.41) is 12.0. The van der Waals surface area contributed by atoms with Gasteiger partial charge in [0, 0.05) is 0 Å². The molecule has 1 aromatic carbocycles. The van der Waals surface area contributed by atoms with E-state index in [1.807, 2.05) is 18.4 Å². The molecule has 1 atom stereocenters. The Morgan fingerprint density at radius 3 is 2.75 bits per heavy atom. The molecule has 4 heteroatoms. The highest BCUT2D eigenvalue weighted by Gasteiger charge is 2.15. The maximum atomic E-state index is 13.1. The minimum absolute atomic E-state index is 0.325. The van der Waals surface area contributed by atoms with E-state index < -0.39 is 6.10 Å². The smallest absolute Gasteiger partial charge is 0.123 e. The van der Waals surface area contributed by atoms with Crippen molar-refractivity contribution in [1.82, 2.24) is 0 Å². The van der Waals surface area contributed by atoms with Crippen molar-refractivity contribution in [3.05, 3.63) is 55.9 Å². The minimum Gasteiger partial charge on any atom is -0.384 e. The van der Waals surface area contributed by atoms with Gasteiger partial charge in [-0.15, -0.1) is 11.3 Å². The standard InChI is InChI=1S/C12H10BrFOS/c1-7-2-3-9(14)5-10(7)12(15)8-4-11(13)16-6-8/h2-6,12,15H,1H3. The molecule has 84 valence electrons. The van der Waals surface area contributed by atoms with Crippen LogP contribution >= 0.6 is 27.3 Å². The van der Waals surface area contributed by atoms with Gasteiger partial charge >= 0.3 is 0 Å². The minimum atomic E-state index is -0.766. The number of halogens is 2. The highest BCUT2D eigenvalue weighted by molar-refractivity contribution is 9.11. The second-order valence-corrected chi connectivity index (χ2v) is 5.88. The van der Waals surface area contributed by atoms with E-state index >= 15 is 0 Å². The van der Waals surface area contributed by atoms with Gasteiger partial charge in [-0.1, -0.05) is 6.07 Å². The Kier molecular flexibility index (Phi) is 3.42. The fourth-order valence-corrected chi connectivity index (χ4v) is 2.75. The molecule has 0 bridgehead atoms. The summed E-state index contributed by atoms with van der Waals surface area (Å²) in [5.41, 5.74) is 2.28. The summed E-state index contributed by atoms with van der Waals surface area (Å²) < 4.78 is 14.1. The highest BCUT2D eigenvalue weighted by atomic mass is 79.9. The van der Waals surface area contributed by atoms with Crippen LogP contribution in [0.2, 0.25) is 0 Å². The van der Waals surface area contributed by atoms with Crippen molar-refractivity contribution < 1.29 is 9.50 Å². The van der Waals surface area contributed by atoms with Crippen LogP contribution in [0.15, 0.2) is 33.4 Å². The summed E-state index contributed by atoms with van der Waals surface area (Å²) in [6.07, 6.45) is -0.766. The fourth-order valence-electron chi connectivity index (χ4n) is 1.55. The lowest BCUT2D eigenvalue weighted by Crippen LogP contribution is -2.01. The largest absolute Gasteiger partial charge is 0.384 e. The lowest BCUT2D eigenvalue weighted by molar-refractivity contribution is 0.219. The molecular formula is C12H10BrFOS. The summed E-state index contributed by atoms with van der Waals surface area (Å²) in [7, 11) is 0. The summed E-state index contributed by atoms with van der Waals surface area (Å²) in [5.74, 6) is -0.325. The van der Waals surface area contributed by atoms with Crippen LogP contribution in [0.4, 0.5) is 4.39 Å². The maximum Gasteiger partial charge on any atom is 0.123 e. The molecule has 1 heterocycles. The lowest BCUT2D eigenvalue weighted by atomic mass is 9.99. The van der Waals surface area contributed by atoms with Gasteiger partial charge in [-0.2, -0.15) is 0 Å². The first-order chi connectivity index (χ1) is 7.58. The van der Waals surface area contributed by atoms with Crippen LogP contribution in [0.3, 0.4) is 0 Å². The average Bonchev–Trinajstić information content (AvgIpc) is 2.67. The Labute approximate surface area is 106 Å². The monoisotopic (exact) mass is 300 g/mol. The first-order valence-corrected chi connectivity index (χ1v) is 6.43. The second kappa shape index (κ2) is 4.65. The van der Waals surface area contributed by atoms with Gasteiger partial charge in [0.05, 0.1) is 3.79 Å². The zero-order valence-electron chi connectivity index (χ0n) is 8.58. The van der Waals surface area contributed by atoms with E-state index in [1.165, 1.54) is 23.5 Å². The van der Waals surface area contributed by atoms with Crippen molar-refractivity contribution in [3.63, 3.8) is 0 Å². The zero-order valence-corrected chi connectivity index (χ0v) is 11.0. The van der Waals surface area contributed by atoms with E-state index in [0.717, 1.165) is 14.9 Å². The molecule has 2 aromatic rings. The fraction of sp³-hybridized carbons (Fsp3) is 0.167. The molecule has 0 saturated heterocycles. The number of rotatable bonds is 2. The van der Waals surface area contributed by atoms with E-state index in [1.54, 1.807) is 6.07 Å². The Morgan fingerprint density at radius 1 is 1.38 bits per heavy atom. The van der Waals surface area contributed by atoms with E-state index in [4.69, 9.17) is 0 Å². The van der Waals surface area contributed by atoms with Gasteiger partial charge < -0.3 is 5.11 Å². The van der Waals surface area contributed by atoms with E-state index in [0.29, 0.717) is 5.56 Å². The molecule has 0 radical (unpaired) electrons. The Bertz CT molecular complexity index is 509. The van der Waals surface area contributed by atoms with Crippen molar-refractivity contribution in [2.75, 3.05) is 0 Å². The van der Waals surface area contributed by atoms with Crippen molar-refractivity contribution in [2.45, 2.75) is 13.0 Å². The molecule has 1 aromatic heterocycles. The Balaban J connectivity index is 2.40. The molecule has 0 spiro atoms. The molecule has 0 aliphatic heterocycles. The number of aryl methyl sites for hydroxylation is 1. The van der Waals surface area contributed by atoms with Crippen molar-refractivity contribution in [2.24, 2.45) is 0 Å². The summed E-state index contributed by atoms with van der Waals surface area (Å²) >= 11 is 4.84. The third-order valence-electron chi connectivity index (χ3n) is 2.44. The zero-order chi connectivity index (χ0) is 11.7. The summed E-state index contributed by atoms with van der Waals surface area (Å²) in [6.45, 7) is 1.86. The Hall–Kier alpha value is -0.710. The SMILES string of the molecule is Cc1ccc(F)cc1C(O)c1csc(Br)c1. The van der Waals surface area contributed by atoms with Gasteiger partial charge in [-0.3, -0.25) is 0 Å². The van der Waals surface area contributed by atoms with Gasteiger partial charge in [-0.05, 0) is 63.1 Å². The lowest BCUT2D eigenvalue weighted by Gasteiger charge is -2.12. The molecule has 0 aliphatic rings. The van der Waals surface area contributed by atoms with Crippen molar-refractivity contribution >= 4 is 27.3 Å². The molecule has 0 amide bonds. The molecule has 1 unspecified atom stereocenters. The third kappa shape index (κ3) is 2.34. The van der Waals surface area contributed by atoms with Gasteiger partial charge in [0.15, 0.2) is 0 Å². The van der Waals surface area contributed by atoms with Gasteiger partial charge in [0.25, 0.3) is 0 Å². The van der Waals surface area contributed by atoms with Crippen LogP contribution in [0, 0.1) is 12.7 Å². The summed E-state index contributed by atoms with van der Waals surface area (Å²) in [6, 6.07) is 6.30. The number of aliphatic hydroxyl groups excluding tert-OH is 1. The van der Waals surface area contributed by atoms with Crippen LogP contribution < -0.4 is 0 Å². The normalized spacial score (nSPS) is 12.8. The first-order valence-electron chi connectivity index (χ1n) is 4.76. The topological polar surface area (TPSA) is 20.2 Å². The van der Waals surface area contributed by atoms with E-state index in [-0.39, 0.29) is 5.82 Å². The van der Waals surface area contributed by atoms with E-state index in [2.05, 4.69) is 15.9 Å². The summed E-state index contributed by atoms with van der Waals surface area (Å²) in [4.78, 5) is 0. The first kappa shape index (κ1) is 11.8. The number of benzene rings is 1. The highest BCUT2D eigenvalue weighted by Crippen LogP contribution is 2.30. The van der Waals surface area contributed by atoms with Gasteiger partial charge in [0.1, 0.15) is 11.9 Å². The van der Waals surface area contributed by atoms with Crippen LogP contribution in [-0.2, 0) is 0 Å². The maximum absolute atomic E-state index is 13.1. The number of hydrogen-bond acceptors (Lipinski definition) is 2. The van der Waals surface area contributed by atoms with Gasteiger partial charge in [-0.25, -0.2) is 4.39 Å². The third-order valence-corrected chi connectivity index (χ3v) is 3.96. The van der Waals surface area contributed by atoms with Crippen molar-refractivity contribution in [3.8, 4) is 0 Å². The van der Waals surface area contributed by atoms with Crippen molar-refractivity contribution in [1.29, 1.82) is 0 Å². The molecule has 0 saturated carbocycles. The molecule has 1 N–H and O–H groups in total. The molecular weight excluding hydrogens is 291 g/mol. The van der Waals surface area contributed by atoms with Crippen LogP contribution in [0.1, 0.15) is 22.8 Å². The number of hydrogen-bond donors (Lipinski definition) is 1. The molecule has 0 fully saturated rings. The molecule has 1 nitrogen and oxygen atoms in total. The molecule has 2 rings (SSSR count). The average molecular weight is 301 g/mol. The van der Waals surface area contributed by atoms with E-state index in [9.17, 15) is 9.50 Å². The van der Waals surface area contributed by atoms with Crippen LogP contribution in [-0.4, -0.2) is 5.11 Å². The van der Waals surface area contributed by atoms with Gasteiger partial charge in [0.2, 0.25) is 0 Å². The van der Waals surface area contributed by atoms with Crippen LogP contribution in [0.5, 0.6) is 0 Å². The number of thiophene rings is 1. The Morgan fingerprint density at radius 2 is 2.12 bits per heavy atom. The van der Waals surface area contributed by atoms with Crippen LogP contribution in [0.25, 0.3) is 0 Å².